The highest BCUT2D eigenvalue weighted by Gasteiger charge is 2.28. The van der Waals surface area contributed by atoms with E-state index in [1.165, 1.54) is 12.0 Å². The molecule has 2 aliphatic rings. The Morgan fingerprint density at radius 3 is 2.76 bits per heavy atom. The predicted octanol–water partition coefficient (Wildman–Crippen LogP) is 2.03. The van der Waals surface area contributed by atoms with Crippen LogP contribution in [0.25, 0.3) is 0 Å². The molecule has 0 spiro atoms. The molecule has 0 saturated carbocycles. The highest BCUT2D eigenvalue weighted by Crippen LogP contribution is 2.33. The maximum atomic E-state index is 10.2. The van der Waals surface area contributed by atoms with Gasteiger partial charge in [0.05, 0.1) is 7.11 Å². The molecular weight excluding hydrogens is 338 g/mol. The molecule has 2 heterocycles. The number of phenolic OH excluding ortho intramolecular Hbond substituents is 1. The minimum absolute atomic E-state index is 0. The first-order chi connectivity index (χ1) is 11.7. The van der Waals surface area contributed by atoms with Gasteiger partial charge in [-0.05, 0) is 24.5 Å². The van der Waals surface area contributed by atoms with Crippen LogP contribution in [0.15, 0.2) is 24.8 Å². The van der Waals surface area contributed by atoms with Crippen LogP contribution in [0, 0.1) is 0 Å². The molecule has 0 amide bonds. The van der Waals surface area contributed by atoms with Crippen molar-refractivity contribution in [1.29, 1.82) is 0 Å². The summed E-state index contributed by atoms with van der Waals surface area (Å²) in [4.78, 5) is 5.13. The molecule has 3 rings (SSSR count). The lowest BCUT2D eigenvalue weighted by atomic mass is 10.1. The van der Waals surface area contributed by atoms with Gasteiger partial charge < -0.3 is 15.2 Å². The van der Waals surface area contributed by atoms with Crippen LogP contribution in [-0.4, -0.2) is 67.3 Å². The first-order valence-corrected chi connectivity index (χ1v) is 8.88. The van der Waals surface area contributed by atoms with Crippen LogP contribution >= 0.6 is 12.4 Å². The Morgan fingerprint density at radius 1 is 1.32 bits per heavy atom. The lowest BCUT2D eigenvalue weighted by molar-refractivity contribution is 0.170. The minimum Gasteiger partial charge on any atom is -0.504 e. The number of methoxy groups -OCH3 is 1. The number of aromatic hydroxyl groups is 1. The van der Waals surface area contributed by atoms with Crippen molar-refractivity contribution in [2.24, 2.45) is 0 Å². The molecule has 2 fully saturated rings. The van der Waals surface area contributed by atoms with E-state index in [1.54, 1.807) is 7.11 Å². The van der Waals surface area contributed by atoms with Crippen LogP contribution < -0.4 is 10.1 Å². The van der Waals surface area contributed by atoms with Crippen molar-refractivity contribution in [3.63, 3.8) is 0 Å². The average Bonchev–Trinajstić information content (AvgIpc) is 3.07. The van der Waals surface area contributed by atoms with Gasteiger partial charge in [-0.3, -0.25) is 9.80 Å². The van der Waals surface area contributed by atoms with Crippen LogP contribution in [0.1, 0.15) is 17.5 Å². The Labute approximate surface area is 157 Å². The number of hydrogen-bond acceptors (Lipinski definition) is 5. The van der Waals surface area contributed by atoms with Gasteiger partial charge in [0.25, 0.3) is 0 Å². The maximum Gasteiger partial charge on any atom is 0.161 e. The molecular formula is C19H30ClN3O2. The van der Waals surface area contributed by atoms with Gasteiger partial charge in [0, 0.05) is 57.4 Å². The number of piperazine rings is 1. The van der Waals surface area contributed by atoms with E-state index >= 15 is 0 Å². The third kappa shape index (κ3) is 4.88. The number of benzene rings is 1. The molecule has 0 aliphatic carbocycles. The summed E-state index contributed by atoms with van der Waals surface area (Å²) in [5.41, 5.74) is 2.08. The second kappa shape index (κ2) is 9.43. The summed E-state index contributed by atoms with van der Waals surface area (Å²) < 4.78 is 5.34. The number of halogens is 1. The Kier molecular flexibility index (Phi) is 7.56. The SMILES string of the molecule is C=CCc1cc(CN2CCC(N3CCNCC3)C2)cc(OC)c1O.Cl. The number of rotatable bonds is 6. The number of likely N-dealkylation sites (tertiary alicyclic amines) is 1. The molecule has 1 unspecified atom stereocenters. The summed E-state index contributed by atoms with van der Waals surface area (Å²) >= 11 is 0. The van der Waals surface area contributed by atoms with Crippen LogP contribution in [0.5, 0.6) is 11.5 Å². The van der Waals surface area contributed by atoms with Gasteiger partial charge in [-0.2, -0.15) is 0 Å². The van der Waals surface area contributed by atoms with E-state index in [-0.39, 0.29) is 18.2 Å². The monoisotopic (exact) mass is 367 g/mol. The molecule has 25 heavy (non-hydrogen) atoms. The fourth-order valence-corrected chi connectivity index (χ4v) is 3.85. The molecule has 0 aromatic heterocycles. The molecule has 140 valence electrons. The zero-order valence-corrected chi connectivity index (χ0v) is 15.9. The summed E-state index contributed by atoms with van der Waals surface area (Å²) in [5, 5.41) is 13.6. The number of nitrogens with one attached hydrogen (secondary N) is 1. The first kappa shape index (κ1) is 20.0. The number of ether oxygens (including phenoxy) is 1. The maximum absolute atomic E-state index is 10.2. The summed E-state index contributed by atoms with van der Waals surface area (Å²) in [6, 6.07) is 4.72. The lowest BCUT2D eigenvalue weighted by Crippen LogP contribution is -2.49. The van der Waals surface area contributed by atoms with Gasteiger partial charge in [0.15, 0.2) is 11.5 Å². The van der Waals surface area contributed by atoms with E-state index in [0.717, 1.165) is 51.4 Å². The predicted molar refractivity (Wildman–Crippen MR) is 104 cm³/mol. The van der Waals surface area contributed by atoms with Gasteiger partial charge in [0.2, 0.25) is 0 Å². The van der Waals surface area contributed by atoms with E-state index in [9.17, 15) is 5.11 Å². The van der Waals surface area contributed by atoms with E-state index < -0.39 is 0 Å². The van der Waals surface area contributed by atoms with E-state index in [4.69, 9.17) is 4.74 Å². The molecule has 2 saturated heterocycles. The topological polar surface area (TPSA) is 48.0 Å². The number of hydrogen-bond donors (Lipinski definition) is 2. The Morgan fingerprint density at radius 2 is 2.08 bits per heavy atom. The molecule has 6 heteroatoms. The third-order valence-corrected chi connectivity index (χ3v) is 5.12. The molecule has 1 atom stereocenters. The Hall–Kier alpha value is -1.27. The quantitative estimate of drug-likeness (QED) is 0.753. The zero-order valence-electron chi connectivity index (χ0n) is 15.0. The molecule has 2 N–H and O–H groups in total. The van der Waals surface area contributed by atoms with E-state index in [0.29, 0.717) is 18.2 Å². The second-order valence-corrected chi connectivity index (χ2v) is 6.76. The van der Waals surface area contributed by atoms with Crippen LogP contribution in [0.4, 0.5) is 0 Å². The van der Waals surface area contributed by atoms with Crippen molar-refractivity contribution >= 4 is 12.4 Å². The Balaban J connectivity index is 0.00000225. The van der Waals surface area contributed by atoms with Gasteiger partial charge in [0.1, 0.15) is 0 Å². The van der Waals surface area contributed by atoms with Crippen molar-refractivity contribution in [2.45, 2.75) is 25.4 Å². The standard InChI is InChI=1S/C19H29N3O2.ClH/c1-3-4-16-11-15(12-18(24-2)19(16)23)13-21-8-5-17(14-21)22-9-6-20-7-10-22;/h3,11-12,17,20,23H,1,4-10,13-14H2,2H3;1H. The first-order valence-electron chi connectivity index (χ1n) is 8.88. The van der Waals surface area contributed by atoms with Gasteiger partial charge >= 0.3 is 0 Å². The van der Waals surface area contributed by atoms with Crippen LogP contribution in [-0.2, 0) is 13.0 Å². The van der Waals surface area contributed by atoms with Crippen LogP contribution in [0.3, 0.4) is 0 Å². The summed E-state index contributed by atoms with van der Waals surface area (Å²) in [6.45, 7) is 11.5. The summed E-state index contributed by atoms with van der Waals surface area (Å²) in [7, 11) is 1.60. The number of phenols is 1. The second-order valence-electron chi connectivity index (χ2n) is 6.76. The zero-order chi connectivity index (χ0) is 16.9. The average molecular weight is 368 g/mol. The highest BCUT2D eigenvalue weighted by atomic mass is 35.5. The highest BCUT2D eigenvalue weighted by molar-refractivity contribution is 5.85. The van der Waals surface area contributed by atoms with E-state index in [1.807, 2.05) is 12.1 Å². The molecule has 2 aliphatic heterocycles. The number of allylic oxidation sites excluding steroid dienone is 1. The van der Waals surface area contributed by atoms with E-state index in [2.05, 4.69) is 27.8 Å². The van der Waals surface area contributed by atoms with Gasteiger partial charge in [-0.1, -0.05) is 12.1 Å². The fourth-order valence-electron chi connectivity index (χ4n) is 3.85. The van der Waals surface area contributed by atoms with Crippen molar-refractivity contribution in [3.05, 3.63) is 35.9 Å². The number of nitrogens with zero attached hydrogens (tertiary/aromatic N) is 2. The smallest absolute Gasteiger partial charge is 0.161 e. The Bertz CT molecular complexity index is 576. The molecule has 1 aromatic rings. The third-order valence-electron chi connectivity index (χ3n) is 5.12. The van der Waals surface area contributed by atoms with Crippen molar-refractivity contribution < 1.29 is 9.84 Å². The van der Waals surface area contributed by atoms with Gasteiger partial charge in [-0.25, -0.2) is 0 Å². The van der Waals surface area contributed by atoms with Crippen LogP contribution in [0.2, 0.25) is 0 Å². The lowest BCUT2D eigenvalue weighted by Gasteiger charge is -2.32. The van der Waals surface area contributed by atoms with Crippen molar-refractivity contribution in [2.75, 3.05) is 46.4 Å². The summed E-state index contributed by atoms with van der Waals surface area (Å²) in [5.74, 6) is 0.795. The normalized spacial score (nSPS) is 21.7. The molecule has 1 aromatic carbocycles. The largest absolute Gasteiger partial charge is 0.504 e. The molecule has 5 nitrogen and oxygen atoms in total. The van der Waals surface area contributed by atoms with Gasteiger partial charge in [-0.15, -0.1) is 19.0 Å². The molecule has 0 bridgehead atoms. The molecule has 0 radical (unpaired) electrons. The van der Waals surface area contributed by atoms with Crippen molar-refractivity contribution in [1.82, 2.24) is 15.1 Å². The summed E-state index contributed by atoms with van der Waals surface area (Å²) in [6.07, 6.45) is 3.71. The van der Waals surface area contributed by atoms with Crippen molar-refractivity contribution in [3.8, 4) is 11.5 Å². The minimum atomic E-state index is 0. The fraction of sp³-hybridized carbons (Fsp3) is 0.579.